The molecule has 1 N–H and O–H groups in total. The number of thiazole rings is 1. The molecule has 2 aromatic heterocycles. The van der Waals surface area contributed by atoms with Crippen LogP contribution in [0.25, 0.3) is 11.6 Å². The number of rotatable bonds is 4. The van der Waals surface area contributed by atoms with E-state index in [1.807, 2.05) is 30.7 Å². The van der Waals surface area contributed by atoms with Crippen molar-refractivity contribution in [3.05, 3.63) is 40.2 Å². The van der Waals surface area contributed by atoms with Crippen LogP contribution in [0.1, 0.15) is 15.4 Å². The second kappa shape index (κ2) is 6.29. The summed E-state index contributed by atoms with van der Waals surface area (Å²) >= 11 is 3.11. The Balaban J connectivity index is 1.72. The van der Waals surface area contributed by atoms with Gasteiger partial charge in [0.2, 0.25) is 0 Å². The van der Waals surface area contributed by atoms with E-state index in [9.17, 15) is 4.79 Å². The zero-order chi connectivity index (χ0) is 15.5. The molecule has 8 heteroatoms. The van der Waals surface area contributed by atoms with Crippen molar-refractivity contribution in [3.63, 3.8) is 0 Å². The molecule has 0 bridgehead atoms. The molecular weight excluding hydrogens is 320 g/mol. The monoisotopic (exact) mass is 332 g/mol. The molecule has 0 aliphatic heterocycles. The first-order chi connectivity index (χ1) is 10.7. The zero-order valence-electron chi connectivity index (χ0n) is 11.9. The van der Waals surface area contributed by atoms with Gasteiger partial charge in [-0.15, -0.1) is 28.2 Å². The standard InChI is InChI=1S/C14H12N4O2S2/c1-8-15-11(7-22-8)13-17-18-14(20-13)16-12(19)9-3-5-10(21-2)6-4-9/h3-7H,1-2H3,(H,16,18,19). The van der Waals surface area contributed by atoms with E-state index in [1.165, 1.54) is 11.3 Å². The largest absolute Gasteiger partial charge is 0.401 e. The summed E-state index contributed by atoms with van der Waals surface area (Å²) in [5.74, 6) is -0.00491. The lowest BCUT2D eigenvalue weighted by atomic mass is 10.2. The van der Waals surface area contributed by atoms with Crippen LogP contribution in [0, 0.1) is 6.92 Å². The molecule has 1 amide bonds. The van der Waals surface area contributed by atoms with Gasteiger partial charge in [0.1, 0.15) is 5.69 Å². The lowest BCUT2D eigenvalue weighted by Crippen LogP contribution is -2.11. The number of amides is 1. The van der Waals surface area contributed by atoms with Crippen LogP contribution in [0.2, 0.25) is 0 Å². The van der Waals surface area contributed by atoms with E-state index in [-0.39, 0.29) is 17.8 Å². The maximum absolute atomic E-state index is 12.1. The highest BCUT2D eigenvalue weighted by molar-refractivity contribution is 7.98. The molecule has 0 aliphatic rings. The second-order valence-corrected chi connectivity index (χ2v) is 6.29. The molecule has 0 saturated carbocycles. The number of aromatic nitrogens is 3. The molecule has 0 radical (unpaired) electrons. The Bertz CT molecular complexity index is 795. The molecule has 3 rings (SSSR count). The van der Waals surface area contributed by atoms with Gasteiger partial charge in [0, 0.05) is 15.8 Å². The number of carbonyl (C=O) groups is 1. The van der Waals surface area contributed by atoms with Gasteiger partial charge in [0.05, 0.1) is 5.01 Å². The second-order valence-electron chi connectivity index (χ2n) is 4.35. The van der Waals surface area contributed by atoms with E-state index in [4.69, 9.17) is 4.42 Å². The van der Waals surface area contributed by atoms with Gasteiger partial charge in [-0.05, 0) is 37.4 Å². The number of benzene rings is 1. The first-order valence-electron chi connectivity index (χ1n) is 6.37. The van der Waals surface area contributed by atoms with Gasteiger partial charge in [-0.2, -0.15) is 0 Å². The lowest BCUT2D eigenvalue weighted by Gasteiger charge is -2.01. The van der Waals surface area contributed by atoms with Gasteiger partial charge >= 0.3 is 6.01 Å². The lowest BCUT2D eigenvalue weighted by molar-refractivity contribution is 0.102. The van der Waals surface area contributed by atoms with Gasteiger partial charge in [-0.25, -0.2) is 4.98 Å². The quantitative estimate of drug-likeness (QED) is 0.737. The first kappa shape index (κ1) is 14.7. The van der Waals surface area contributed by atoms with Crippen molar-refractivity contribution >= 4 is 35.0 Å². The predicted octanol–water partition coefficient (Wildman–Crippen LogP) is 3.48. The summed E-state index contributed by atoms with van der Waals surface area (Å²) in [7, 11) is 0. The molecule has 3 aromatic rings. The number of nitrogens with zero attached hydrogens (tertiary/aromatic N) is 3. The van der Waals surface area contributed by atoms with Crippen LogP contribution in [0.3, 0.4) is 0 Å². The topological polar surface area (TPSA) is 80.9 Å². The fourth-order valence-corrected chi connectivity index (χ4v) is 2.75. The normalized spacial score (nSPS) is 10.6. The van der Waals surface area contributed by atoms with E-state index in [0.29, 0.717) is 11.3 Å². The van der Waals surface area contributed by atoms with Crippen LogP contribution in [-0.2, 0) is 0 Å². The van der Waals surface area contributed by atoms with Gasteiger partial charge in [-0.1, -0.05) is 5.10 Å². The Morgan fingerprint density at radius 2 is 2.05 bits per heavy atom. The Morgan fingerprint density at radius 3 is 2.68 bits per heavy atom. The van der Waals surface area contributed by atoms with Crippen LogP contribution in [0.5, 0.6) is 0 Å². The fraction of sp³-hybridized carbons (Fsp3) is 0.143. The Labute approximate surface area is 135 Å². The van der Waals surface area contributed by atoms with Gasteiger partial charge in [-0.3, -0.25) is 10.1 Å². The minimum Gasteiger partial charge on any atom is -0.401 e. The summed E-state index contributed by atoms with van der Waals surface area (Å²) in [6, 6.07) is 7.33. The van der Waals surface area contributed by atoms with Crippen LogP contribution in [0.4, 0.5) is 6.01 Å². The van der Waals surface area contributed by atoms with Crippen molar-refractivity contribution in [2.75, 3.05) is 11.6 Å². The number of anilines is 1. The number of nitrogens with one attached hydrogen (secondary N) is 1. The van der Waals surface area contributed by atoms with Crippen molar-refractivity contribution in [1.82, 2.24) is 15.2 Å². The molecule has 2 heterocycles. The number of aryl methyl sites for hydroxylation is 1. The van der Waals surface area contributed by atoms with E-state index >= 15 is 0 Å². The molecule has 0 atom stereocenters. The molecule has 0 saturated heterocycles. The van der Waals surface area contributed by atoms with E-state index < -0.39 is 0 Å². The van der Waals surface area contributed by atoms with Crippen LogP contribution >= 0.6 is 23.1 Å². The van der Waals surface area contributed by atoms with E-state index in [1.54, 1.807) is 23.9 Å². The van der Waals surface area contributed by atoms with Gasteiger partial charge < -0.3 is 4.42 Å². The highest BCUT2D eigenvalue weighted by Crippen LogP contribution is 2.22. The van der Waals surface area contributed by atoms with Crippen molar-refractivity contribution in [3.8, 4) is 11.6 Å². The maximum Gasteiger partial charge on any atom is 0.322 e. The molecule has 0 unspecified atom stereocenters. The molecular formula is C14H12N4O2S2. The zero-order valence-corrected chi connectivity index (χ0v) is 13.5. The summed E-state index contributed by atoms with van der Waals surface area (Å²) in [5, 5.41) is 13.0. The highest BCUT2D eigenvalue weighted by atomic mass is 32.2. The number of carbonyl (C=O) groups excluding carboxylic acids is 1. The van der Waals surface area contributed by atoms with Crippen molar-refractivity contribution in [2.24, 2.45) is 0 Å². The minimum atomic E-state index is -0.294. The predicted molar refractivity (Wildman–Crippen MR) is 86.3 cm³/mol. The molecule has 0 fully saturated rings. The third kappa shape index (κ3) is 3.18. The molecule has 112 valence electrons. The Kier molecular flexibility index (Phi) is 4.21. The summed E-state index contributed by atoms with van der Waals surface area (Å²) in [6.45, 7) is 1.89. The molecule has 22 heavy (non-hydrogen) atoms. The average Bonchev–Trinajstić information content (AvgIpc) is 3.16. The molecule has 0 aliphatic carbocycles. The minimum absolute atomic E-state index is 0.0552. The molecule has 1 aromatic carbocycles. The number of hydrogen-bond acceptors (Lipinski definition) is 7. The van der Waals surface area contributed by atoms with Gasteiger partial charge in [0.25, 0.3) is 11.8 Å². The first-order valence-corrected chi connectivity index (χ1v) is 8.47. The van der Waals surface area contributed by atoms with Crippen molar-refractivity contribution in [2.45, 2.75) is 11.8 Å². The third-order valence-electron chi connectivity index (χ3n) is 2.84. The summed E-state index contributed by atoms with van der Waals surface area (Å²) in [6.07, 6.45) is 1.98. The highest BCUT2D eigenvalue weighted by Gasteiger charge is 2.14. The van der Waals surface area contributed by atoms with Crippen LogP contribution in [0.15, 0.2) is 39.0 Å². The molecule has 6 nitrogen and oxygen atoms in total. The Morgan fingerprint density at radius 1 is 1.27 bits per heavy atom. The summed E-state index contributed by atoms with van der Waals surface area (Å²) in [4.78, 5) is 17.5. The fourth-order valence-electron chi connectivity index (χ4n) is 1.75. The van der Waals surface area contributed by atoms with E-state index in [2.05, 4.69) is 20.5 Å². The Hall–Kier alpha value is -2.19. The van der Waals surface area contributed by atoms with Crippen molar-refractivity contribution < 1.29 is 9.21 Å². The van der Waals surface area contributed by atoms with Gasteiger partial charge in [0.15, 0.2) is 0 Å². The maximum atomic E-state index is 12.1. The van der Waals surface area contributed by atoms with Crippen LogP contribution < -0.4 is 5.32 Å². The van der Waals surface area contributed by atoms with E-state index in [0.717, 1.165) is 9.90 Å². The van der Waals surface area contributed by atoms with Crippen molar-refractivity contribution in [1.29, 1.82) is 0 Å². The summed E-state index contributed by atoms with van der Waals surface area (Å²) in [5.41, 5.74) is 1.14. The summed E-state index contributed by atoms with van der Waals surface area (Å²) < 4.78 is 5.41. The number of hydrogen-bond donors (Lipinski definition) is 1. The van der Waals surface area contributed by atoms with Crippen LogP contribution in [-0.4, -0.2) is 27.3 Å². The number of thioether (sulfide) groups is 1. The average molecular weight is 332 g/mol. The SMILES string of the molecule is CSc1ccc(C(=O)Nc2nnc(-c3csc(C)n3)o2)cc1. The smallest absolute Gasteiger partial charge is 0.322 e. The third-order valence-corrected chi connectivity index (χ3v) is 4.35. The molecule has 0 spiro atoms.